The largest absolute Gasteiger partial charge is 0.456 e. The van der Waals surface area contributed by atoms with Crippen molar-refractivity contribution in [1.82, 2.24) is 4.98 Å². The first-order valence-corrected chi connectivity index (χ1v) is 6.45. The predicted molar refractivity (Wildman–Crippen MR) is 81.4 cm³/mol. The first kappa shape index (κ1) is 11.1. The van der Waals surface area contributed by atoms with Gasteiger partial charge in [-0.15, -0.1) is 0 Å². The molecule has 0 spiro atoms. The van der Waals surface area contributed by atoms with E-state index in [-0.39, 0.29) is 0 Å². The molecule has 20 heavy (non-hydrogen) atoms. The number of hydrogen-bond donors (Lipinski definition) is 1. The third-order valence-corrected chi connectivity index (χ3v) is 3.44. The molecule has 0 fully saturated rings. The average molecular weight is 260 g/mol. The van der Waals surface area contributed by atoms with Crippen molar-refractivity contribution in [3.63, 3.8) is 0 Å². The van der Waals surface area contributed by atoms with E-state index in [4.69, 9.17) is 10.2 Å². The maximum atomic E-state index is 5.82. The van der Waals surface area contributed by atoms with E-state index in [9.17, 15) is 0 Å². The molecule has 2 aromatic heterocycles. The molecule has 3 nitrogen and oxygen atoms in total. The molecule has 0 bridgehead atoms. The molecule has 0 atom stereocenters. The number of para-hydroxylation sites is 1. The zero-order chi connectivity index (χ0) is 13.5. The number of nitrogens with two attached hydrogens (primary N) is 1. The van der Waals surface area contributed by atoms with Gasteiger partial charge in [-0.25, -0.2) is 4.98 Å². The van der Waals surface area contributed by atoms with Crippen molar-refractivity contribution in [2.24, 2.45) is 0 Å². The number of nitrogens with zero attached hydrogens (tertiary/aromatic N) is 1. The molecule has 4 rings (SSSR count). The predicted octanol–water partition coefficient (Wildman–Crippen LogP) is 4.23. The van der Waals surface area contributed by atoms with Crippen LogP contribution in [0.4, 0.5) is 5.82 Å². The summed E-state index contributed by atoms with van der Waals surface area (Å²) in [5.41, 5.74) is 9.45. The molecule has 0 aliphatic rings. The summed E-state index contributed by atoms with van der Waals surface area (Å²) in [5.74, 6) is 0.527. The van der Waals surface area contributed by atoms with Gasteiger partial charge in [0.2, 0.25) is 0 Å². The SMILES string of the molecule is Nc1cccc(-c2ccc3oc4ccccc4c3c2)n1. The monoisotopic (exact) mass is 260 g/mol. The van der Waals surface area contributed by atoms with Crippen LogP contribution in [0.1, 0.15) is 0 Å². The van der Waals surface area contributed by atoms with Crippen molar-refractivity contribution in [3.8, 4) is 11.3 Å². The maximum absolute atomic E-state index is 5.82. The summed E-state index contributed by atoms with van der Waals surface area (Å²) < 4.78 is 5.82. The Balaban J connectivity index is 2.00. The van der Waals surface area contributed by atoms with Gasteiger partial charge in [-0.3, -0.25) is 0 Å². The summed E-state index contributed by atoms with van der Waals surface area (Å²) in [6.07, 6.45) is 0. The highest BCUT2D eigenvalue weighted by Gasteiger charge is 2.08. The van der Waals surface area contributed by atoms with E-state index < -0.39 is 0 Å². The van der Waals surface area contributed by atoms with Crippen LogP contribution in [-0.2, 0) is 0 Å². The molecular weight excluding hydrogens is 248 g/mol. The average Bonchev–Trinajstić information content (AvgIpc) is 2.85. The summed E-state index contributed by atoms with van der Waals surface area (Å²) in [5, 5.41) is 2.22. The smallest absolute Gasteiger partial charge is 0.135 e. The molecule has 2 heterocycles. The van der Waals surface area contributed by atoms with Crippen LogP contribution in [0.3, 0.4) is 0 Å². The molecule has 3 heteroatoms. The van der Waals surface area contributed by atoms with Crippen molar-refractivity contribution in [2.45, 2.75) is 0 Å². The van der Waals surface area contributed by atoms with Gasteiger partial charge in [-0.05, 0) is 36.4 Å². The van der Waals surface area contributed by atoms with Crippen molar-refractivity contribution in [2.75, 3.05) is 5.73 Å². The Hall–Kier alpha value is -2.81. The zero-order valence-corrected chi connectivity index (χ0v) is 10.7. The van der Waals surface area contributed by atoms with Crippen LogP contribution in [0, 0.1) is 0 Å². The fraction of sp³-hybridized carbons (Fsp3) is 0. The minimum Gasteiger partial charge on any atom is -0.456 e. The fourth-order valence-corrected chi connectivity index (χ4v) is 2.50. The Labute approximate surface area is 115 Å². The summed E-state index contributed by atoms with van der Waals surface area (Å²) in [6, 6.07) is 19.8. The zero-order valence-electron chi connectivity index (χ0n) is 10.7. The number of nitrogen functional groups attached to an aromatic ring is 1. The lowest BCUT2D eigenvalue weighted by molar-refractivity contribution is 0.669. The quantitative estimate of drug-likeness (QED) is 0.557. The van der Waals surface area contributed by atoms with E-state index in [0.717, 1.165) is 33.2 Å². The van der Waals surface area contributed by atoms with Crippen molar-refractivity contribution in [3.05, 3.63) is 60.7 Å². The summed E-state index contributed by atoms with van der Waals surface area (Å²) in [6.45, 7) is 0. The lowest BCUT2D eigenvalue weighted by atomic mass is 10.1. The van der Waals surface area contributed by atoms with Gasteiger partial charge < -0.3 is 10.2 Å². The van der Waals surface area contributed by atoms with E-state index in [2.05, 4.69) is 17.1 Å². The molecule has 0 aliphatic heterocycles. The number of rotatable bonds is 1. The topological polar surface area (TPSA) is 52.0 Å². The molecule has 0 saturated heterocycles. The van der Waals surface area contributed by atoms with Crippen LogP contribution < -0.4 is 5.73 Å². The number of hydrogen-bond acceptors (Lipinski definition) is 3. The standard InChI is InChI=1S/C17H12N2O/c18-17-7-3-5-14(19-17)11-8-9-16-13(10-11)12-4-1-2-6-15(12)20-16/h1-10H,(H2,18,19). The van der Waals surface area contributed by atoms with E-state index in [1.54, 1.807) is 6.07 Å². The van der Waals surface area contributed by atoms with Crippen LogP contribution in [-0.4, -0.2) is 4.98 Å². The second-order valence-corrected chi connectivity index (χ2v) is 4.76. The number of furan rings is 1. The van der Waals surface area contributed by atoms with Gasteiger partial charge in [-0.2, -0.15) is 0 Å². The normalized spacial score (nSPS) is 11.2. The minimum atomic E-state index is 0.527. The number of fused-ring (bicyclic) bond motifs is 3. The summed E-state index contributed by atoms with van der Waals surface area (Å²) >= 11 is 0. The fourth-order valence-electron chi connectivity index (χ4n) is 2.50. The van der Waals surface area contributed by atoms with Gasteiger partial charge in [0.15, 0.2) is 0 Å². The highest BCUT2D eigenvalue weighted by molar-refractivity contribution is 6.06. The van der Waals surface area contributed by atoms with E-state index in [0.29, 0.717) is 5.82 Å². The van der Waals surface area contributed by atoms with Crippen molar-refractivity contribution < 1.29 is 4.42 Å². The van der Waals surface area contributed by atoms with Crippen LogP contribution in [0.15, 0.2) is 65.1 Å². The molecule has 0 aliphatic carbocycles. The second-order valence-electron chi connectivity index (χ2n) is 4.76. The highest BCUT2D eigenvalue weighted by Crippen LogP contribution is 2.31. The van der Waals surface area contributed by atoms with Crippen LogP contribution in [0.25, 0.3) is 33.2 Å². The molecule has 2 N–H and O–H groups in total. The summed E-state index contributed by atoms with van der Waals surface area (Å²) in [4.78, 5) is 4.36. The molecule has 0 amide bonds. The van der Waals surface area contributed by atoms with Crippen LogP contribution >= 0.6 is 0 Å². The molecule has 96 valence electrons. The number of aromatic nitrogens is 1. The van der Waals surface area contributed by atoms with E-state index in [1.165, 1.54) is 0 Å². The first-order chi connectivity index (χ1) is 9.81. The van der Waals surface area contributed by atoms with E-state index in [1.807, 2.05) is 42.5 Å². The number of pyridine rings is 1. The molecule has 4 aromatic rings. The maximum Gasteiger partial charge on any atom is 0.135 e. The molecule has 2 aromatic carbocycles. The van der Waals surface area contributed by atoms with Gasteiger partial charge in [0.25, 0.3) is 0 Å². The highest BCUT2D eigenvalue weighted by atomic mass is 16.3. The van der Waals surface area contributed by atoms with Crippen LogP contribution in [0.2, 0.25) is 0 Å². The van der Waals surface area contributed by atoms with Gasteiger partial charge in [0.1, 0.15) is 17.0 Å². The lowest BCUT2D eigenvalue weighted by Gasteiger charge is -2.01. The van der Waals surface area contributed by atoms with Gasteiger partial charge in [-0.1, -0.05) is 24.3 Å². The molecule has 0 unspecified atom stereocenters. The number of benzene rings is 2. The van der Waals surface area contributed by atoms with Gasteiger partial charge in [0.05, 0.1) is 5.69 Å². The van der Waals surface area contributed by atoms with Gasteiger partial charge in [0, 0.05) is 16.3 Å². The third-order valence-electron chi connectivity index (χ3n) is 3.44. The molecule has 0 saturated carbocycles. The Morgan fingerprint density at radius 2 is 1.65 bits per heavy atom. The summed E-state index contributed by atoms with van der Waals surface area (Å²) in [7, 11) is 0. The Kier molecular flexibility index (Phi) is 2.27. The molecular formula is C17H12N2O. The second kappa shape index (κ2) is 4.10. The Morgan fingerprint density at radius 3 is 2.55 bits per heavy atom. The lowest BCUT2D eigenvalue weighted by Crippen LogP contribution is -1.91. The third kappa shape index (κ3) is 1.64. The minimum absolute atomic E-state index is 0.527. The molecule has 0 radical (unpaired) electrons. The van der Waals surface area contributed by atoms with Gasteiger partial charge >= 0.3 is 0 Å². The van der Waals surface area contributed by atoms with Crippen molar-refractivity contribution >= 4 is 27.8 Å². The van der Waals surface area contributed by atoms with E-state index >= 15 is 0 Å². The first-order valence-electron chi connectivity index (χ1n) is 6.45. The Bertz CT molecular complexity index is 924. The number of anilines is 1. The Morgan fingerprint density at radius 1 is 0.800 bits per heavy atom. The van der Waals surface area contributed by atoms with Crippen molar-refractivity contribution in [1.29, 1.82) is 0 Å². The van der Waals surface area contributed by atoms with Crippen LogP contribution in [0.5, 0.6) is 0 Å².